The van der Waals surface area contributed by atoms with Gasteiger partial charge in [-0.2, -0.15) is 0 Å². The van der Waals surface area contributed by atoms with Crippen LogP contribution in [0.4, 0.5) is 8.78 Å². The summed E-state index contributed by atoms with van der Waals surface area (Å²) in [6.45, 7) is 1.64. The number of hydrogen-bond acceptors (Lipinski definition) is 2. The van der Waals surface area contributed by atoms with Gasteiger partial charge in [-0.05, 0) is 25.5 Å². The second kappa shape index (κ2) is 6.82. The van der Waals surface area contributed by atoms with Crippen molar-refractivity contribution in [2.75, 3.05) is 0 Å². The lowest BCUT2D eigenvalue weighted by Gasteiger charge is -2.13. The summed E-state index contributed by atoms with van der Waals surface area (Å²) in [5.41, 5.74) is -0.287. The topological polar surface area (TPSA) is 66.4 Å². The fraction of sp³-hybridized carbons (Fsp3) is 0.385. The van der Waals surface area contributed by atoms with Crippen LogP contribution >= 0.6 is 0 Å². The maximum Gasteiger partial charge on any atom is 0.303 e. The third-order valence-corrected chi connectivity index (χ3v) is 2.60. The van der Waals surface area contributed by atoms with Crippen LogP contribution in [-0.2, 0) is 16.0 Å². The average molecular weight is 271 g/mol. The lowest BCUT2D eigenvalue weighted by molar-refractivity contribution is -0.137. The van der Waals surface area contributed by atoms with Gasteiger partial charge in [0.15, 0.2) is 0 Å². The zero-order valence-corrected chi connectivity index (χ0v) is 10.5. The van der Waals surface area contributed by atoms with E-state index in [2.05, 4.69) is 5.32 Å². The number of aliphatic carboxylic acids is 1. The molecule has 0 saturated heterocycles. The van der Waals surface area contributed by atoms with Gasteiger partial charge in [-0.3, -0.25) is 9.59 Å². The molecular weight excluding hydrogens is 256 g/mol. The van der Waals surface area contributed by atoms with E-state index in [-0.39, 0.29) is 24.4 Å². The summed E-state index contributed by atoms with van der Waals surface area (Å²) in [5, 5.41) is 11.0. The first-order valence-electron chi connectivity index (χ1n) is 5.84. The zero-order chi connectivity index (χ0) is 14.4. The second-order valence-electron chi connectivity index (χ2n) is 4.28. The first-order chi connectivity index (χ1) is 8.90. The van der Waals surface area contributed by atoms with E-state index in [1.54, 1.807) is 6.92 Å². The molecule has 0 aromatic heterocycles. The molecule has 0 aliphatic rings. The van der Waals surface area contributed by atoms with Crippen molar-refractivity contribution in [1.29, 1.82) is 0 Å². The monoisotopic (exact) mass is 271 g/mol. The summed E-state index contributed by atoms with van der Waals surface area (Å²) in [6, 6.07) is 3.03. The first kappa shape index (κ1) is 15.1. The minimum atomic E-state index is -0.957. The third kappa shape index (κ3) is 5.03. The average Bonchev–Trinajstić information content (AvgIpc) is 2.31. The molecule has 0 heterocycles. The van der Waals surface area contributed by atoms with Gasteiger partial charge < -0.3 is 10.4 Å². The number of carbonyl (C=O) groups excluding carboxylic acids is 1. The molecule has 0 fully saturated rings. The quantitative estimate of drug-likeness (QED) is 0.830. The number of benzene rings is 1. The molecule has 1 aromatic rings. The Bertz CT molecular complexity index is 457. The molecule has 1 unspecified atom stereocenters. The number of nitrogens with one attached hydrogen (secondary N) is 1. The van der Waals surface area contributed by atoms with Gasteiger partial charge in [0.05, 0.1) is 6.42 Å². The number of halogens is 2. The third-order valence-electron chi connectivity index (χ3n) is 2.60. The van der Waals surface area contributed by atoms with Crippen LogP contribution in [0, 0.1) is 11.6 Å². The molecule has 0 aliphatic carbocycles. The molecule has 0 spiro atoms. The Morgan fingerprint density at radius 2 is 1.89 bits per heavy atom. The van der Waals surface area contributed by atoms with Gasteiger partial charge in [0, 0.05) is 18.0 Å². The second-order valence-corrected chi connectivity index (χ2v) is 4.28. The van der Waals surface area contributed by atoms with E-state index in [0.29, 0.717) is 0 Å². The lowest BCUT2D eigenvalue weighted by Crippen LogP contribution is -2.34. The Labute approximate surface area is 109 Å². The summed E-state index contributed by atoms with van der Waals surface area (Å²) in [7, 11) is 0. The molecule has 1 rings (SSSR count). The van der Waals surface area contributed by atoms with Gasteiger partial charge in [-0.1, -0.05) is 6.07 Å². The lowest BCUT2D eigenvalue weighted by atomic mass is 10.1. The number of carboxylic acid groups (broad SMARTS) is 1. The SMILES string of the molecule is CC(CCC(=O)O)NC(=O)Cc1c(F)cccc1F. The van der Waals surface area contributed by atoms with Gasteiger partial charge >= 0.3 is 5.97 Å². The van der Waals surface area contributed by atoms with Crippen molar-refractivity contribution in [3.8, 4) is 0 Å². The summed E-state index contributed by atoms with van der Waals surface area (Å²) in [4.78, 5) is 21.9. The van der Waals surface area contributed by atoms with Crippen LogP contribution in [0.15, 0.2) is 18.2 Å². The predicted octanol–water partition coefficient (Wildman–Crippen LogP) is 1.88. The Kier molecular flexibility index (Phi) is 5.41. The van der Waals surface area contributed by atoms with Crippen molar-refractivity contribution in [3.63, 3.8) is 0 Å². The Balaban J connectivity index is 2.53. The Morgan fingerprint density at radius 1 is 1.32 bits per heavy atom. The summed E-state index contributed by atoms with van der Waals surface area (Å²) in [5.74, 6) is -3.04. The zero-order valence-electron chi connectivity index (χ0n) is 10.5. The normalized spacial score (nSPS) is 11.9. The van der Waals surface area contributed by atoms with E-state index >= 15 is 0 Å². The van der Waals surface area contributed by atoms with Crippen molar-refractivity contribution < 1.29 is 23.5 Å². The van der Waals surface area contributed by atoms with E-state index < -0.39 is 29.9 Å². The summed E-state index contributed by atoms with van der Waals surface area (Å²) >= 11 is 0. The molecule has 0 aliphatic heterocycles. The van der Waals surface area contributed by atoms with Crippen LogP contribution in [0.5, 0.6) is 0 Å². The van der Waals surface area contributed by atoms with Gasteiger partial charge in [-0.15, -0.1) is 0 Å². The minimum absolute atomic E-state index is 0.0739. The smallest absolute Gasteiger partial charge is 0.303 e. The predicted molar refractivity (Wildman–Crippen MR) is 64.5 cm³/mol. The number of carboxylic acids is 1. The molecule has 2 N–H and O–H groups in total. The van der Waals surface area contributed by atoms with Gasteiger partial charge in [-0.25, -0.2) is 8.78 Å². The van der Waals surface area contributed by atoms with E-state index in [1.807, 2.05) is 0 Å². The molecule has 1 atom stereocenters. The van der Waals surface area contributed by atoms with Crippen molar-refractivity contribution in [2.45, 2.75) is 32.2 Å². The molecular formula is C13H15F2NO3. The molecule has 104 valence electrons. The Morgan fingerprint density at radius 3 is 2.42 bits per heavy atom. The fourth-order valence-electron chi connectivity index (χ4n) is 1.60. The maximum absolute atomic E-state index is 13.3. The van der Waals surface area contributed by atoms with Crippen molar-refractivity contribution in [1.82, 2.24) is 5.32 Å². The van der Waals surface area contributed by atoms with Crippen LogP contribution in [0.1, 0.15) is 25.3 Å². The number of amides is 1. The standard InChI is InChI=1S/C13H15F2NO3/c1-8(5-6-13(18)19)16-12(17)7-9-10(14)3-2-4-11(9)15/h2-4,8H,5-7H2,1H3,(H,16,17)(H,18,19). The highest BCUT2D eigenvalue weighted by molar-refractivity contribution is 5.79. The van der Waals surface area contributed by atoms with Crippen LogP contribution in [0.2, 0.25) is 0 Å². The van der Waals surface area contributed by atoms with Crippen LogP contribution in [-0.4, -0.2) is 23.0 Å². The maximum atomic E-state index is 13.3. The number of hydrogen-bond donors (Lipinski definition) is 2. The number of carbonyl (C=O) groups is 2. The van der Waals surface area contributed by atoms with Crippen LogP contribution < -0.4 is 5.32 Å². The number of rotatable bonds is 6. The highest BCUT2D eigenvalue weighted by Gasteiger charge is 2.15. The Hall–Kier alpha value is -1.98. The van der Waals surface area contributed by atoms with Crippen molar-refractivity contribution >= 4 is 11.9 Å². The molecule has 0 saturated carbocycles. The molecule has 6 heteroatoms. The molecule has 4 nitrogen and oxygen atoms in total. The van der Waals surface area contributed by atoms with Crippen molar-refractivity contribution in [3.05, 3.63) is 35.4 Å². The summed E-state index contributed by atoms with van der Waals surface area (Å²) in [6.07, 6.45) is -0.216. The van der Waals surface area contributed by atoms with Crippen LogP contribution in [0.25, 0.3) is 0 Å². The van der Waals surface area contributed by atoms with Crippen molar-refractivity contribution in [2.24, 2.45) is 0 Å². The minimum Gasteiger partial charge on any atom is -0.481 e. The van der Waals surface area contributed by atoms with E-state index in [4.69, 9.17) is 5.11 Å². The molecule has 1 aromatic carbocycles. The van der Waals surface area contributed by atoms with E-state index in [1.165, 1.54) is 6.07 Å². The summed E-state index contributed by atoms with van der Waals surface area (Å²) < 4.78 is 26.6. The molecule has 1 amide bonds. The molecule has 0 bridgehead atoms. The first-order valence-corrected chi connectivity index (χ1v) is 5.84. The highest BCUT2D eigenvalue weighted by atomic mass is 19.1. The van der Waals surface area contributed by atoms with Gasteiger partial charge in [0.1, 0.15) is 11.6 Å². The van der Waals surface area contributed by atoms with Crippen LogP contribution in [0.3, 0.4) is 0 Å². The fourth-order valence-corrected chi connectivity index (χ4v) is 1.60. The largest absolute Gasteiger partial charge is 0.481 e. The van der Waals surface area contributed by atoms with Gasteiger partial charge in [0.25, 0.3) is 0 Å². The van der Waals surface area contributed by atoms with Gasteiger partial charge in [0.2, 0.25) is 5.91 Å². The van der Waals surface area contributed by atoms with E-state index in [0.717, 1.165) is 12.1 Å². The molecule has 19 heavy (non-hydrogen) atoms. The molecule has 0 radical (unpaired) electrons. The van der Waals surface area contributed by atoms with E-state index in [9.17, 15) is 18.4 Å². The highest BCUT2D eigenvalue weighted by Crippen LogP contribution is 2.12.